The van der Waals surface area contributed by atoms with Crippen LogP contribution in [0.4, 0.5) is 5.69 Å². The molecule has 4 heteroatoms. The van der Waals surface area contributed by atoms with E-state index < -0.39 is 0 Å². The van der Waals surface area contributed by atoms with Crippen molar-refractivity contribution in [1.29, 1.82) is 0 Å². The summed E-state index contributed by atoms with van der Waals surface area (Å²) in [6.07, 6.45) is 0. The van der Waals surface area contributed by atoms with E-state index >= 15 is 0 Å². The number of methoxy groups -OCH3 is 1. The van der Waals surface area contributed by atoms with Gasteiger partial charge in [0.05, 0.1) is 18.3 Å². The molecule has 0 saturated carbocycles. The highest BCUT2D eigenvalue weighted by atomic mass is 16.5. The summed E-state index contributed by atoms with van der Waals surface area (Å²) in [5, 5.41) is 10.7. The minimum atomic E-state index is 0.111. The number of fused-ring (bicyclic) bond motifs is 1. The van der Waals surface area contributed by atoms with Gasteiger partial charge in [-0.15, -0.1) is 0 Å². The van der Waals surface area contributed by atoms with Crippen LogP contribution in [0, 0.1) is 0 Å². The summed E-state index contributed by atoms with van der Waals surface area (Å²) in [4.78, 5) is 0. The zero-order valence-electron chi connectivity index (χ0n) is 12.1. The lowest BCUT2D eigenvalue weighted by molar-refractivity contribution is 0.415. The number of phenolic OH excluding ortho intramolecular Hbond substituents is 1. The summed E-state index contributed by atoms with van der Waals surface area (Å²) in [6.45, 7) is 2.94. The van der Waals surface area contributed by atoms with Crippen LogP contribution >= 0.6 is 0 Å². The largest absolute Gasteiger partial charge is 0.506 e. The van der Waals surface area contributed by atoms with E-state index in [1.54, 1.807) is 19.2 Å². The summed E-state index contributed by atoms with van der Waals surface area (Å²) in [6, 6.07) is 13.5. The fourth-order valence-electron chi connectivity index (χ4n) is 2.65. The Morgan fingerprint density at radius 1 is 1.14 bits per heavy atom. The van der Waals surface area contributed by atoms with Gasteiger partial charge in [-0.25, -0.2) is 0 Å². The first-order valence-electron chi connectivity index (χ1n) is 6.90. The molecular formula is C17H18N2O2. The maximum Gasteiger partial charge on any atom is 0.138 e. The number of aromatic nitrogens is 1. The number of anilines is 1. The summed E-state index contributed by atoms with van der Waals surface area (Å²) < 4.78 is 7.52. The number of nitrogens with two attached hydrogens (primary N) is 1. The van der Waals surface area contributed by atoms with Crippen LogP contribution < -0.4 is 10.5 Å². The number of benzene rings is 2. The van der Waals surface area contributed by atoms with E-state index in [1.165, 1.54) is 0 Å². The zero-order valence-corrected chi connectivity index (χ0v) is 12.1. The molecule has 3 N–H and O–H groups in total. The topological polar surface area (TPSA) is 60.4 Å². The van der Waals surface area contributed by atoms with E-state index in [9.17, 15) is 5.11 Å². The van der Waals surface area contributed by atoms with Crippen molar-refractivity contribution in [3.63, 3.8) is 0 Å². The lowest BCUT2D eigenvalue weighted by Gasteiger charge is -2.10. The third-order valence-electron chi connectivity index (χ3n) is 3.75. The van der Waals surface area contributed by atoms with Gasteiger partial charge in [0, 0.05) is 29.3 Å². The Morgan fingerprint density at radius 2 is 1.95 bits per heavy atom. The number of ether oxygens (including phenoxy) is 1. The molecule has 0 aliphatic heterocycles. The van der Waals surface area contributed by atoms with Crippen LogP contribution in [0.25, 0.3) is 22.2 Å². The Balaban J connectivity index is 2.24. The summed E-state index contributed by atoms with van der Waals surface area (Å²) in [5.74, 6) is 0.951. The van der Waals surface area contributed by atoms with E-state index in [4.69, 9.17) is 10.5 Å². The van der Waals surface area contributed by atoms with Gasteiger partial charge in [-0.3, -0.25) is 0 Å². The van der Waals surface area contributed by atoms with Gasteiger partial charge in [0.1, 0.15) is 11.5 Å². The molecule has 2 aromatic carbocycles. The highest BCUT2D eigenvalue weighted by molar-refractivity contribution is 5.88. The number of aromatic hydroxyl groups is 1. The van der Waals surface area contributed by atoms with Crippen LogP contribution in [0.15, 0.2) is 42.5 Å². The minimum absolute atomic E-state index is 0.111. The van der Waals surface area contributed by atoms with Crippen molar-refractivity contribution in [3.05, 3.63) is 42.5 Å². The summed E-state index contributed by atoms with van der Waals surface area (Å²) >= 11 is 0. The molecule has 0 atom stereocenters. The average molecular weight is 282 g/mol. The van der Waals surface area contributed by atoms with Crippen molar-refractivity contribution in [3.8, 4) is 22.8 Å². The lowest BCUT2D eigenvalue weighted by Crippen LogP contribution is -1.97. The molecule has 1 aromatic heterocycles. The molecule has 108 valence electrons. The van der Waals surface area contributed by atoms with Crippen LogP contribution in [-0.2, 0) is 6.54 Å². The van der Waals surface area contributed by atoms with E-state index in [1.807, 2.05) is 24.3 Å². The van der Waals surface area contributed by atoms with Gasteiger partial charge in [-0.2, -0.15) is 0 Å². The Bertz CT molecular complexity index is 806. The Kier molecular flexibility index (Phi) is 3.22. The molecule has 0 aliphatic carbocycles. The fraction of sp³-hybridized carbons (Fsp3) is 0.176. The first kappa shape index (κ1) is 13.4. The normalized spacial score (nSPS) is 11.0. The Morgan fingerprint density at radius 3 is 2.62 bits per heavy atom. The molecule has 0 unspecified atom stereocenters. The van der Waals surface area contributed by atoms with Gasteiger partial charge >= 0.3 is 0 Å². The minimum Gasteiger partial charge on any atom is -0.506 e. The molecule has 0 saturated heterocycles. The molecule has 0 radical (unpaired) electrons. The number of nitrogen functional groups attached to an aromatic ring is 1. The number of hydrogen-bond donors (Lipinski definition) is 2. The van der Waals surface area contributed by atoms with Crippen LogP contribution in [0.3, 0.4) is 0 Å². The van der Waals surface area contributed by atoms with Crippen molar-refractivity contribution >= 4 is 16.6 Å². The van der Waals surface area contributed by atoms with Crippen LogP contribution in [0.1, 0.15) is 6.92 Å². The quantitative estimate of drug-likeness (QED) is 0.569. The standard InChI is InChI=1S/C17H18N2O2/c1-3-19-15(11-5-7-17(20)14(18)8-11)9-12-4-6-13(21-2)10-16(12)19/h4-10,20H,3,18H2,1-2H3. The molecular weight excluding hydrogens is 264 g/mol. The molecule has 21 heavy (non-hydrogen) atoms. The highest BCUT2D eigenvalue weighted by Gasteiger charge is 2.11. The Labute approximate surface area is 123 Å². The van der Waals surface area contributed by atoms with Gasteiger partial charge in [-0.1, -0.05) is 0 Å². The molecule has 3 aromatic rings. The van der Waals surface area contributed by atoms with E-state index in [2.05, 4.69) is 17.6 Å². The molecule has 0 aliphatic rings. The number of aryl methyl sites for hydroxylation is 1. The maximum atomic E-state index is 9.58. The van der Waals surface area contributed by atoms with Crippen molar-refractivity contribution < 1.29 is 9.84 Å². The molecule has 0 bridgehead atoms. The number of rotatable bonds is 3. The van der Waals surface area contributed by atoms with E-state index in [0.717, 1.165) is 34.5 Å². The smallest absolute Gasteiger partial charge is 0.138 e. The molecule has 3 rings (SSSR count). The van der Waals surface area contributed by atoms with Gasteiger partial charge in [0.25, 0.3) is 0 Å². The monoisotopic (exact) mass is 282 g/mol. The lowest BCUT2D eigenvalue weighted by atomic mass is 10.1. The third kappa shape index (κ3) is 2.18. The molecule has 0 fully saturated rings. The molecule has 1 heterocycles. The summed E-state index contributed by atoms with van der Waals surface area (Å²) in [5.41, 5.74) is 9.39. The maximum absolute atomic E-state index is 9.58. The Hall–Kier alpha value is -2.62. The second kappa shape index (κ2) is 5.05. The molecule has 0 amide bonds. The summed E-state index contributed by atoms with van der Waals surface area (Å²) in [7, 11) is 1.67. The van der Waals surface area contributed by atoms with Crippen LogP contribution in [0.2, 0.25) is 0 Å². The number of nitrogens with zero attached hydrogens (tertiary/aromatic N) is 1. The second-order valence-corrected chi connectivity index (χ2v) is 4.97. The molecule has 0 spiro atoms. The first-order chi connectivity index (χ1) is 10.1. The second-order valence-electron chi connectivity index (χ2n) is 4.97. The van der Waals surface area contributed by atoms with Crippen molar-refractivity contribution in [2.24, 2.45) is 0 Å². The average Bonchev–Trinajstić information content (AvgIpc) is 2.87. The first-order valence-corrected chi connectivity index (χ1v) is 6.90. The molecule has 4 nitrogen and oxygen atoms in total. The van der Waals surface area contributed by atoms with Crippen molar-refractivity contribution in [2.75, 3.05) is 12.8 Å². The fourth-order valence-corrected chi connectivity index (χ4v) is 2.65. The number of hydrogen-bond acceptors (Lipinski definition) is 3. The van der Waals surface area contributed by atoms with Crippen LogP contribution in [-0.4, -0.2) is 16.8 Å². The van der Waals surface area contributed by atoms with Gasteiger partial charge in [-0.05, 0) is 43.3 Å². The zero-order chi connectivity index (χ0) is 15.0. The van der Waals surface area contributed by atoms with Crippen LogP contribution in [0.5, 0.6) is 11.5 Å². The van der Waals surface area contributed by atoms with E-state index in [-0.39, 0.29) is 5.75 Å². The van der Waals surface area contributed by atoms with Gasteiger partial charge in [0.15, 0.2) is 0 Å². The van der Waals surface area contributed by atoms with Gasteiger partial charge in [0.2, 0.25) is 0 Å². The van der Waals surface area contributed by atoms with Gasteiger partial charge < -0.3 is 20.1 Å². The van der Waals surface area contributed by atoms with Crippen molar-refractivity contribution in [1.82, 2.24) is 4.57 Å². The SMILES string of the molecule is CCn1c(-c2ccc(O)c(N)c2)cc2ccc(OC)cc21. The predicted molar refractivity (Wildman–Crippen MR) is 85.7 cm³/mol. The third-order valence-corrected chi connectivity index (χ3v) is 3.75. The predicted octanol–water partition coefficient (Wildman–Crippen LogP) is 3.62. The van der Waals surface area contributed by atoms with Crippen molar-refractivity contribution in [2.45, 2.75) is 13.5 Å². The highest BCUT2D eigenvalue weighted by Crippen LogP contribution is 2.33. The number of phenols is 1. The van der Waals surface area contributed by atoms with E-state index in [0.29, 0.717) is 5.69 Å².